The molecular weight excluding hydrogens is 234 g/mol. The lowest BCUT2D eigenvalue weighted by Gasteiger charge is -2.05. The first-order valence-electron chi connectivity index (χ1n) is 4.52. The maximum atomic E-state index is 13.3. The van der Waals surface area contributed by atoms with Crippen LogP contribution in [0, 0.1) is 21.7 Å². The van der Waals surface area contributed by atoms with E-state index in [1.165, 1.54) is 6.08 Å². The topological polar surface area (TPSA) is 72.2 Å². The lowest BCUT2D eigenvalue weighted by Crippen LogP contribution is -2.11. The maximum absolute atomic E-state index is 13.3. The number of allylic oxidation sites excluding steroid dienone is 1. The normalized spacial score (nSPS) is 10.5. The Morgan fingerprint density at radius 1 is 1.47 bits per heavy atom. The molecule has 90 valence electrons. The summed E-state index contributed by atoms with van der Waals surface area (Å²) in [5, 5.41) is 12.5. The number of nitro benzene ring substituents is 1. The van der Waals surface area contributed by atoms with Crippen LogP contribution in [0.3, 0.4) is 0 Å². The monoisotopic (exact) mass is 242 g/mol. The number of halogens is 2. The third-order valence-corrected chi connectivity index (χ3v) is 1.80. The van der Waals surface area contributed by atoms with E-state index in [4.69, 9.17) is 0 Å². The Morgan fingerprint density at radius 3 is 2.65 bits per heavy atom. The first-order chi connectivity index (χ1) is 7.95. The number of hydrogen-bond acceptors (Lipinski definition) is 3. The van der Waals surface area contributed by atoms with Crippen LogP contribution in [0.1, 0.15) is 6.92 Å². The van der Waals surface area contributed by atoms with Crippen LogP contribution in [0.25, 0.3) is 0 Å². The van der Waals surface area contributed by atoms with Crippen LogP contribution >= 0.6 is 0 Å². The van der Waals surface area contributed by atoms with Crippen molar-refractivity contribution in [2.45, 2.75) is 6.92 Å². The third kappa shape index (κ3) is 3.07. The largest absolute Gasteiger partial charge is 0.314 e. The predicted octanol–water partition coefficient (Wildman–Crippen LogP) is 2.39. The Bertz CT molecular complexity index is 501. The van der Waals surface area contributed by atoms with Crippen molar-refractivity contribution in [3.63, 3.8) is 0 Å². The summed E-state index contributed by atoms with van der Waals surface area (Å²) >= 11 is 0. The first kappa shape index (κ1) is 12.8. The molecular formula is C10H8F2N2O3. The Morgan fingerprint density at radius 2 is 2.12 bits per heavy atom. The molecule has 0 unspecified atom stereocenters. The van der Waals surface area contributed by atoms with Gasteiger partial charge in [0.15, 0.2) is 11.5 Å². The minimum absolute atomic E-state index is 0.457. The van der Waals surface area contributed by atoms with E-state index < -0.39 is 33.8 Å². The molecule has 0 spiro atoms. The van der Waals surface area contributed by atoms with Crippen molar-refractivity contribution in [2.24, 2.45) is 0 Å². The molecule has 0 heterocycles. The van der Waals surface area contributed by atoms with Crippen molar-refractivity contribution in [3.05, 3.63) is 46.0 Å². The van der Waals surface area contributed by atoms with Crippen LogP contribution in [0.5, 0.6) is 0 Å². The number of nitro groups is 1. The number of anilines is 1. The summed E-state index contributed by atoms with van der Waals surface area (Å²) in [7, 11) is 0. The first-order valence-corrected chi connectivity index (χ1v) is 4.52. The van der Waals surface area contributed by atoms with Crippen LogP contribution < -0.4 is 5.32 Å². The number of rotatable bonds is 3. The molecule has 0 radical (unpaired) electrons. The molecule has 1 aromatic rings. The maximum Gasteiger partial charge on any atom is 0.298 e. The number of carbonyl (C=O) groups excluding carboxylic acids is 1. The van der Waals surface area contributed by atoms with E-state index in [2.05, 4.69) is 0 Å². The van der Waals surface area contributed by atoms with Gasteiger partial charge in [-0.05, 0) is 13.0 Å². The fraction of sp³-hybridized carbons (Fsp3) is 0.100. The Hall–Kier alpha value is -2.31. The quantitative estimate of drug-likeness (QED) is 0.502. The Kier molecular flexibility index (Phi) is 3.86. The second-order valence-electron chi connectivity index (χ2n) is 3.03. The second kappa shape index (κ2) is 5.15. The van der Waals surface area contributed by atoms with Crippen molar-refractivity contribution in [2.75, 3.05) is 5.32 Å². The minimum atomic E-state index is -1.20. The third-order valence-electron chi connectivity index (χ3n) is 1.80. The number of amides is 1. The van der Waals surface area contributed by atoms with Crippen LogP contribution in [0.15, 0.2) is 24.3 Å². The van der Waals surface area contributed by atoms with Crippen LogP contribution in [0.4, 0.5) is 20.2 Å². The molecule has 1 amide bonds. The number of carbonyl (C=O) groups is 1. The van der Waals surface area contributed by atoms with E-state index in [1.807, 2.05) is 5.32 Å². The molecule has 1 aromatic carbocycles. The molecule has 0 atom stereocenters. The fourth-order valence-electron chi connectivity index (χ4n) is 1.14. The van der Waals surface area contributed by atoms with Gasteiger partial charge in [0.05, 0.1) is 11.0 Å². The second-order valence-corrected chi connectivity index (χ2v) is 3.03. The number of nitrogens with zero attached hydrogens (tertiary/aromatic N) is 1. The molecule has 0 saturated carbocycles. The highest BCUT2D eigenvalue weighted by Crippen LogP contribution is 2.28. The average molecular weight is 242 g/mol. The molecule has 0 fully saturated rings. The molecule has 0 aliphatic carbocycles. The van der Waals surface area contributed by atoms with E-state index >= 15 is 0 Å². The number of hydrogen-bond donors (Lipinski definition) is 1. The Labute approximate surface area is 94.9 Å². The van der Waals surface area contributed by atoms with Gasteiger partial charge in [-0.15, -0.1) is 0 Å². The molecule has 17 heavy (non-hydrogen) atoms. The predicted molar refractivity (Wildman–Crippen MR) is 56.5 cm³/mol. The van der Waals surface area contributed by atoms with Crippen LogP contribution in [0.2, 0.25) is 0 Å². The summed E-state index contributed by atoms with van der Waals surface area (Å²) in [4.78, 5) is 20.7. The molecule has 0 saturated heterocycles. The highest BCUT2D eigenvalue weighted by atomic mass is 19.1. The van der Waals surface area contributed by atoms with Crippen LogP contribution in [-0.4, -0.2) is 10.8 Å². The zero-order valence-electron chi connectivity index (χ0n) is 8.74. The summed E-state index contributed by atoms with van der Waals surface area (Å²) < 4.78 is 26.1. The molecule has 0 aliphatic heterocycles. The van der Waals surface area contributed by atoms with Gasteiger partial charge in [0.2, 0.25) is 5.91 Å². The lowest BCUT2D eigenvalue weighted by molar-refractivity contribution is -0.384. The minimum Gasteiger partial charge on any atom is -0.314 e. The summed E-state index contributed by atoms with van der Waals surface area (Å²) in [5.41, 5.74) is -1.49. The van der Waals surface area contributed by atoms with E-state index in [0.717, 1.165) is 6.08 Å². The standard InChI is InChI=1S/C10H8F2N2O3/c1-2-3-9(15)13-10-7(12)4-6(11)5-8(10)14(16)17/h2-5H,1H3,(H,13,15)/b3-2+. The van der Waals surface area contributed by atoms with Gasteiger partial charge in [-0.1, -0.05) is 6.08 Å². The molecule has 1 N–H and O–H groups in total. The molecule has 0 aliphatic rings. The summed E-state index contributed by atoms with van der Waals surface area (Å²) in [6.45, 7) is 1.55. The summed E-state index contributed by atoms with van der Waals surface area (Å²) in [6, 6.07) is 0.993. The SMILES string of the molecule is C/C=C/C(=O)Nc1c(F)cc(F)cc1[N+](=O)[O-]. The van der Waals surface area contributed by atoms with E-state index in [9.17, 15) is 23.7 Å². The van der Waals surface area contributed by atoms with E-state index in [0.29, 0.717) is 12.1 Å². The van der Waals surface area contributed by atoms with Gasteiger partial charge in [-0.2, -0.15) is 0 Å². The summed E-state index contributed by atoms with van der Waals surface area (Å²) in [6.07, 6.45) is 2.44. The zero-order chi connectivity index (χ0) is 13.0. The van der Waals surface area contributed by atoms with Gasteiger partial charge in [0, 0.05) is 6.07 Å². The summed E-state index contributed by atoms with van der Waals surface area (Å²) in [5.74, 6) is -3.02. The molecule has 7 heteroatoms. The number of benzene rings is 1. The molecule has 0 bridgehead atoms. The molecule has 5 nitrogen and oxygen atoms in total. The van der Waals surface area contributed by atoms with Gasteiger partial charge in [-0.3, -0.25) is 14.9 Å². The zero-order valence-corrected chi connectivity index (χ0v) is 8.74. The van der Waals surface area contributed by atoms with Gasteiger partial charge in [-0.25, -0.2) is 8.78 Å². The highest BCUT2D eigenvalue weighted by Gasteiger charge is 2.21. The number of nitrogens with one attached hydrogen (secondary N) is 1. The smallest absolute Gasteiger partial charge is 0.298 e. The van der Waals surface area contributed by atoms with Crippen molar-refractivity contribution < 1.29 is 18.5 Å². The Balaban J connectivity index is 3.21. The van der Waals surface area contributed by atoms with E-state index in [-0.39, 0.29) is 0 Å². The van der Waals surface area contributed by atoms with E-state index in [1.54, 1.807) is 6.92 Å². The van der Waals surface area contributed by atoms with Gasteiger partial charge < -0.3 is 5.32 Å². The fourth-order valence-corrected chi connectivity index (χ4v) is 1.14. The average Bonchev–Trinajstić information content (AvgIpc) is 2.21. The van der Waals surface area contributed by atoms with Gasteiger partial charge in [0.1, 0.15) is 5.82 Å². The van der Waals surface area contributed by atoms with Crippen molar-refractivity contribution in [1.82, 2.24) is 0 Å². The van der Waals surface area contributed by atoms with Crippen molar-refractivity contribution >= 4 is 17.3 Å². The highest BCUT2D eigenvalue weighted by molar-refractivity contribution is 6.00. The van der Waals surface area contributed by atoms with Crippen molar-refractivity contribution in [1.29, 1.82) is 0 Å². The van der Waals surface area contributed by atoms with Gasteiger partial charge >= 0.3 is 0 Å². The lowest BCUT2D eigenvalue weighted by atomic mass is 10.2. The van der Waals surface area contributed by atoms with Crippen LogP contribution in [-0.2, 0) is 4.79 Å². The van der Waals surface area contributed by atoms with Crippen molar-refractivity contribution in [3.8, 4) is 0 Å². The van der Waals surface area contributed by atoms with Gasteiger partial charge in [0.25, 0.3) is 5.69 Å². The molecule has 1 rings (SSSR count). The molecule has 0 aromatic heterocycles.